The Balaban J connectivity index is 3.34. The number of carboxylic acid groups (broad SMARTS) is 1. The zero-order valence-corrected chi connectivity index (χ0v) is 8.48. The van der Waals surface area contributed by atoms with Crippen LogP contribution >= 0.6 is 12.0 Å². The summed E-state index contributed by atoms with van der Waals surface area (Å²) in [5.41, 5.74) is -0.793. The number of carboxylic acids is 1. The van der Waals surface area contributed by atoms with Gasteiger partial charge in [0.1, 0.15) is 10.5 Å². The Morgan fingerprint density at radius 1 is 1.60 bits per heavy atom. The molecule has 0 unspecified atom stereocenters. The Labute approximate surface area is 89.2 Å². The Kier molecular flexibility index (Phi) is 3.64. The van der Waals surface area contributed by atoms with E-state index < -0.39 is 16.6 Å². The van der Waals surface area contributed by atoms with E-state index in [-0.39, 0.29) is 10.5 Å². The summed E-state index contributed by atoms with van der Waals surface area (Å²) in [6.07, 6.45) is 0. The highest BCUT2D eigenvalue weighted by Gasteiger charge is 2.24. The third-order valence-corrected chi connectivity index (χ3v) is 2.26. The van der Waals surface area contributed by atoms with Crippen LogP contribution in [0.1, 0.15) is 10.4 Å². The second-order valence-corrected chi connectivity index (χ2v) is 3.40. The van der Waals surface area contributed by atoms with Crippen LogP contribution in [0.25, 0.3) is 0 Å². The van der Waals surface area contributed by atoms with Gasteiger partial charge >= 0.3 is 5.97 Å². The fraction of sp³-hybridized carbons (Fsp3) is 0.125. The molecule has 0 aliphatic rings. The third kappa shape index (κ3) is 2.45. The molecule has 0 saturated carbocycles. The van der Waals surface area contributed by atoms with Gasteiger partial charge in [0, 0.05) is 12.0 Å². The van der Waals surface area contributed by atoms with Crippen LogP contribution in [0.15, 0.2) is 23.1 Å². The van der Waals surface area contributed by atoms with E-state index in [1.807, 2.05) is 0 Å². The molecule has 0 aliphatic heterocycles. The molecule has 80 valence electrons. The number of para-hydroxylation sites is 1. The van der Waals surface area contributed by atoms with E-state index in [4.69, 9.17) is 5.11 Å². The summed E-state index contributed by atoms with van der Waals surface area (Å²) in [7, 11) is 1.35. The summed E-state index contributed by atoms with van der Waals surface area (Å²) in [6, 6.07) is 4.04. The summed E-state index contributed by atoms with van der Waals surface area (Å²) in [5, 5.41) is 19.4. The highest BCUT2D eigenvalue weighted by molar-refractivity contribution is 7.94. The summed E-state index contributed by atoms with van der Waals surface area (Å²) in [4.78, 5) is 20.9. The van der Waals surface area contributed by atoms with Crippen molar-refractivity contribution in [3.8, 4) is 0 Å². The van der Waals surface area contributed by atoms with Crippen molar-refractivity contribution in [1.82, 2.24) is 0 Å². The molecule has 1 rings (SSSR count). The Morgan fingerprint density at radius 3 is 2.73 bits per heavy atom. The number of benzene rings is 1. The van der Waals surface area contributed by atoms with Crippen molar-refractivity contribution in [2.45, 2.75) is 4.90 Å². The van der Waals surface area contributed by atoms with Gasteiger partial charge in [0.15, 0.2) is 0 Å². The highest BCUT2D eigenvalue weighted by Crippen LogP contribution is 2.32. The Bertz CT molecular complexity index is 406. The SMILES string of the molecule is COSc1cccc(C(=O)O)c1[N+](=O)[O-]. The van der Waals surface area contributed by atoms with Crippen LogP contribution < -0.4 is 0 Å². The molecule has 0 amide bonds. The number of carbonyl (C=O) groups is 1. The smallest absolute Gasteiger partial charge is 0.342 e. The number of nitro benzene ring substituents is 1. The van der Waals surface area contributed by atoms with Gasteiger partial charge in [-0.1, -0.05) is 6.07 Å². The molecule has 0 aliphatic carbocycles. The lowest BCUT2D eigenvalue weighted by atomic mass is 10.2. The van der Waals surface area contributed by atoms with Crippen molar-refractivity contribution >= 4 is 23.7 Å². The van der Waals surface area contributed by atoms with Gasteiger partial charge in [-0.15, -0.1) is 0 Å². The highest BCUT2D eigenvalue weighted by atomic mass is 32.2. The maximum atomic E-state index is 10.7. The van der Waals surface area contributed by atoms with Gasteiger partial charge < -0.3 is 9.29 Å². The van der Waals surface area contributed by atoms with Gasteiger partial charge in [-0.2, -0.15) is 0 Å². The zero-order valence-electron chi connectivity index (χ0n) is 7.67. The maximum Gasteiger partial charge on any atom is 0.342 e. The molecule has 0 radical (unpaired) electrons. The van der Waals surface area contributed by atoms with Crippen LogP contribution in [0.3, 0.4) is 0 Å². The van der Waals surface area contributed by atoms with Gasteiger partial charge in [0.05, 0.1) is 12.0 Å². The minimum Gasteiger partial charge on any atom is -0.477 e. The normalized spacial score (nSPS) is 9.93. The summed E-state index contributed by atoms with van der Waals surface area (Å²) < 4.78 is 4.67. The number of nitrogens with zero attached hydrogens (tertiary/aromatic N) is 1. The van der Waals surface area contributed by atoms with Crippen molar-refractivity contribution in [2.24, 2.45) is 0 Å². The van der Waals surface area contributed by atoms with E-state index in [0.717, 1.165) is 12.0 Å². The first-order valence-corrected chi connectivity index (χ1v) is 4.53. The van der Waals surface area contributed by atoms with E-state index in [2.05, 4.69) is 4.18 Å². The van der Waals surface area contributed by atoms with E-state index in [1.165, 1.54) is 25.3 Å². The first kappa shape index (κ1) is 11.5. The molecule has 7 heteroatoms. The maximum absolute atomic E-state index is 10.7. The number of hydrogen-bond donors (Lipinski definition) is 1. The molecule has 0 spiro atoms. The lowest BCUT2D eigenvalue weighted by molar-refractivity contribution is -0.388. The molecule has 0 heterocycles. The Morgan fingerprint density at radius 2 is 2.27 bits per heavy atom. The monoisotopic (exact) mass is 229 g/mol. The number of hydrogen-bond acceptors (Lipinski definition) is 5. The van der Waals surface area contributed by atoms with Gasteiger partial charge in [-0.3, -0.25) is 10.1 Å². The largest absolute Gasteiger partial charge is 0.477 e. The standard InChI is InChI=1S/C8H7NO5S/c1-14-15-6-4-2-3-5(8(10)11)7(6)9(12)13/h2-4H,1H3,(H,10,11). The first-order chi connectivity index (χ1) is 7.07. The Hall–Kier alpha value is -1.60. The second kappa shape index (κ2) is 4.76. The van der Waals surface area contributed by atoms with Crippen molar-refractivity contribution < 1.29 is 19.0 Å². The zero-order chi connectivity index (χ0) is 11.4. The van der Waals surface area contributed by atoms with E-state index in [9.17, 15) is 14.9 Å². The summed E-state index contributed by atoms with van der Waals surface area (Å²) in [6.45, 7) is 0. The van der Waals surface area contributed by atoms with Crippen LogP contribution in [0.2, 0.25) is 0 Å². The average molecular weight is 229 g/mol. The average Bonchev–Trinajstić information content (AvgIpc) is 2.17. The van der Waals surface area contributed by atoms with E-state index in [1.54, 1.807) is 0 Å². The molecule has 0 fully saturated rings. The number of rotatable bonds is 4. The molecule has 0 atom stereocenters. The van der Waals surface area contributed by atoms with Gasteiger partial charge in [0.2, 0.25) is 0 Å². The minimum absolute atomic E-state index is 0.169. The fourth-order valence-electron chi connectivity index (χ4n) is 1.04. The molecule has 15 heavy (non-hydrogen) atoms. The van der Waals surface area contributed by atoms with E-state index in [0.29, 0.717) is 0 Å². The molecule has 0 aromatic heterocycles. The molecular formula is C8H7NO5S. The van der Waals surface area contributed by atoms with E-state index >= 15 is 0 Å². The van der Waals surface area contributed by atoms with Crippen LogP contribution in [0.4, 0.5) is 5.69 Å². The van der Waals surface area contributed by atoms with Gasteiger partial charge in [0.25, 0.3) is 5.69 Å². The third-order valence-electron chi connectivity index (χ3n) is 1.59. The van der Waals surface area contributed by atoms with Gasteiger partial charge in [-0.05, 0) is 12.1 Å². The molecule has 1 aromatic carbocycles. The molecule has 1 N–H and O–H groups in total. The summed E-state index contributed by atoms with van der Waals surface area (Å²) >= 11 is 0.757. The molecule has 0 saturated heterocycles. The number of aromatic carboxylic acids is 1. The summed E-state index contributed by atoms with van der Waals surface area (Å²) in [5.74, 6) is -1.33. The van der Waals surface area contributed by atoms with Crippen LogP contribution in [-0.2, 0) is 4.18 Å². The van der Waals surface area contributed by atoms with Crippen molar-refractivity contribution in [1.29, 1.82) is 0 Å². The van der Waals surface area contributed by atoms with Crippen LogP contribution in [0, 0.1) is 10.1 Å². The lowest BCUT2D eigenvalue weighted by Crippen LogP contribution is -2.03. The predicted octanol–water partition coefficient (Wildman–Crippen LogP) is 1.95. The van der Waals surface area contributed by atoms with Crippen molar-refractivity contribution in [2.75, 3.05) is 7.11 Å². The molecular weight excluding hydrogens is 222 g/mol. The van der Waals surface area contributed by atoms with Crippen LogP contribution in [-0.4, -0.2) is 23.1 Å². The van der Waals surface area contributed by atoms with Crippen molar-refractivity contribution in [3.63, 3.8) is 0 Å². The first-order valence-electron chi connectivity index (χ1n) is 3.79. The lowest BCUT2D eigenvalue weighted by Gasteiger charge is -2.02. The van der Waals surface area contributed by atoms with Crippen molar-refractivity contribution in [3.05, 3.63) is 33.9 Å². The topological polar surface area (TPSA) is 89.7 Å². The predicted molar refractivity (Wildman–Crippen MR) is 52.9 cm³/mol. The number of nitro groups is 1. The minimum atomic E-state index is -1.33. The molecule has 6 nitrogen and oxygen atoms in total. The quantitative estimate of drug-likeness (QED) is 0.482. The second-order valence-electron chi connectivity index (χ2n) is 2.46. The molecule has 0 bridgehead atoms. The fourth-order valence-corrected chi connectivity index (χ4v) is 1.62. The molecule has 1 aromatic rings. The van der Waals surface area contributed by atoms with Gasteiger partial charge in [-0.25, -0.2) is 4.79 Å². The van der Waals surface area contributed by atoms with Crippen LogP contribution in [0.5, 0.6) is 0 Å².